The number of hydrogen-bond donors (Lipinski definition) is 0. The maximum Gasteiger partial charge on any atom is 0.0345 e. The molecule has 1 heterocycles. The molecule has 1 aromatic heterocycles. The quantitative estimate of drug-likeness (QED) is 0.676. The molecule has 86 valence electrons. The van der Waals surface area contributed by atoms with E-state index in [1.807, 2.05) is 11.3 Å². The van der Waals surface area contributed by atoms with E-state index < -0.39 is 0 Å². The van der Waals surface area contributed by atoms with Gasteiger partial charge in [0.05, 0.1) is 0 Å². The highest BCUT2D eigenvalue weighted by molar-refractivity contribution is 9.09. The molecular formula is C14H17BrS. The summed E-state index contributed by atoms with van der Waals surface area (Å²) in [7, 11) is 0. The standard InChI is InChI=1S/C14H17BrS/c1-3-14(2,10-15)8-11-9-16-13-7-5-4-6-12(11)13/h4-7,9H,3,8,10H2,1-2H3. The first-order chi connectivity index (χ1) is 7.68. The predicted molar refractivity (Wildman–Crippen MR) is 77.7 cm³/mol. The molecule has 0 aliphatic heterocycles. The fraction of sp³-hybridized carbons (Fsp3) is 0.429. The van der Waals surface area contributed by atoms with Gasteiger partial charge in [-0.15, -0.1) is 11.3 Å². The second kappa shape index (κ2) is 4.89. The van der Waals surface area contributed by atoms with Crippen molar-refractivity contribution in [2.75, 3.05) is 5.33 Å². The lowest BCUT2D eigenvalue weighted by atomic mass is 9.83. The molecule has 1 aromatic carbocycles. The fourth-order valence-electron chi connectivity index (χ4n) is 1.90. The van der Waals surface area contributed by atoms with Crippen LogP contribution in [0.2, 0.25) is 0 Å². The minimum Gasteiger partial charge on any atom is -0.144 e. The molecule has 2 aromatic rings. The van der Waals surface area contributed by atoms with E-state index in [0.29, 0.717) is 5.41 Å². The molecule has 0 spiro atoms. The summed E-state index contributed by atoms with van der Waals surface area (Å²) < 4.78 is 1.41. The van der Waals surface area contributed by atoms with E-state index in [1.54, 1.807) is 0 Å². The summed E-state index contributed by atoms with van der Waals surface area (Å²) in [6.45, 7) is 4.63. The molecule has 0 fully saturated rings. The summed E-state index contributed by atoms with van der Waals surface area (Å²) in [5.41, 5.74) is 1.88. The van der Waals surface area contributed by atoms with Gasteiger partial charge in [-0.3, -0.25) is 0 Å². The summed E-state index contributed by atoms with van der Waals surface area (Å²) in [5, 5.41) is 4.83. The molecule has 1 atom stereocenters. The van der Waals surface area contributed by atoms with Gasteiger partial charge in [-0.05, 0) is 40.7 Å². The lowest BCUT2D eigenvalue weighted by molar-refractivity contribution is 0.363. The van der Waals surface area contributed by atoms with Crippen molar-refractivity contribution in [1.82, 2.24) is 0 Å². The molecular weight excluding hydrogens is 280 g/mol. The Bertz CT molecular complexity index is 468. The highest BCUT2D eigenvalue weighted by Crippen LogP contribution is 2.34. The van der Waals surface area contributed by atoms with Crippen LogP contribution in [0.25, 0.3) is 10.1 Å². The van der Waals surface area contributed by atoms with Gasteiger partial charge in [-0.1, -0.05) is 48.0 Å². The second-order valence-electron chi connectivity index (χ2n) is 4.73. The third-order valence-electron chi connectivity index (χ3n) is 3.35. The molecule has 0 aliphatic rings. The average molecular weight is 297 g/mol. The van der Waals surface area contributed by atoms with Crippen molar-refractivity contribution in [3.8, 4) is 0 Å². The van der Waals surface area contributed by atoms with E-state index in [9.17, 15) is 0 Å². The lowest BCUT2D eigenvalue weighted by Gasteiger charge is -2.25. The van der Waals surface area contributed by atoms with Crippen molar-refractivity contribution in [3.05, 3.63) is 35.2 Å². The number of fused-ring (bicyclic) bond motifs is 1. The molecule has 16 heavy (non-hydrogen) atoms. The molecule has 0 aliphatic carbocycles. The second-order valence-corrected chi connectivity index (χ2v) is 6.20. The summed E-state index contributed by atoms with van der Waals surface area (Å²) >= 11 is 5.51. The zero-order chi connectivity index (χ0) is 11.6. The van der Waals surface area contributed by atoms with Crippen molar-refractivity contribution < 1.29 is 0 Å². The smallest absolute Gasteiger partial charge is 0.0345 e. The number of alkyl halides is 1. The van der Waals surface area contributed by atoms with Crippen LogP contribution in [0, 0.1) is 5.41 Å². The summed E-state index contributed by atoms with van der Waals surface area (Å²) in [6, 6.07) is 8.70. The highest BCUT2D eigenvalue weighted by Gasteiger charge is 2.22. The van der Waals surface area contributed by atoms with Gasteiger partial charge in [-0.25, -0.2) is 0 Å². The predicted octanol–water partition coefficient (Wildman–Crippen LogP) is 5.26. The number of thiophene rings is 1. The number of hydrogen-bond acceptors (Lipinski definition) is 1. The van der Waals surface area contributed by atoms with Gasteiger partial charge in [0.15, 0.2) is 0 Å². The van der Waals surface area contributed by atoms with E-state index in [4.69, 9.17) is 0 Å². The highest BCUT2D eigenvalue weighted by atomic mass is 79.9. The zero-order valence-corrected chi connectivity index (χ0v) is 12.2. The third-order valence-corrected chi connectivity index (χ3v) is 5.72. The van der Waals surface area contributed by atoms with Crippen LogP contribution >= 0.6 is 27.3 Å². The maximum atomic E-state index is 3.65. The Morgan fingerprint density at radius 3 is 2.75 bits per heavy atom. The normalized spacial score (nSPS) is 15.2. The molecule has 0 radical (unpaired) electrons. The van der Waals surface area contributed by atoms with Gasteiger partial charge in [0.2, 0.25) is 0 Å². The topological polar surface area (TPSA) is 0 Å². The Kier molecular flexibility index (Phi) is 3.70. The van der Waals surface area contributed by atoms with Crippen LogP contribution < -0.4 is 0 Å². The molecule has 0 saturated carbocycles. The Balaban J connectivity index is 2.34. The third kappa shape index (κ3) is 2.33. The van der Waals surface area contributed by atoms with Gasteiger partial charge < -0.3 is 0 Å². The molecule has 0 bridgehead atoms. The van der Waals surface area contributed by atoms with Crippen LogP contribution in [0.4, 0.5) is 0 Å². The molecule has 0 amide bonds. The van der Waals surface area contributed by atoms with Gasteiger partial charge in [0, 0.05) is 10.0 Å². The SMILES string of the molecule is CCC(C)(CBr)Cc1csc2ccccc12. The summed E-state index contributed by atoms with van der Waals surface area (Å²) in [4.78, 5) is 0. The van der Waals surface area contributed by atoms with E-state index in [0.717, 1.165) is 5.33 Å². The first-order valence-corrected chi connectivity index (χ1v) is 7.70. The van der Waals surface area contributed by atoms with Crippen molar-refractivity contribution in [3.63, 3.8) is 0 Å². The van der Waals surface area contributed by atoms with Gasteiger partial charge in [0.1, 0.15) is 0 Å². The maximum absolute atomic E-state index is 3.65. The Morgan fingerprint density at radius 1 is 1.31 bits per heavy atom. The van der Waals surface area contributed by atoms with Crippen molar-refractivity contribution >= 4 is 37.4 Å². The van der Waals surface area contributed by atoms with Gasteiger partial charge in [0.25, 0.3) is 0 Å². The minimum absolute atomic E-state index is 0.379. The lowest BCUT2D eigenvalue weighted by Crippen LogP contribution is -2.20. The summed E-state index contributed by atoms with van der Waals surface area (Å²) in [6.07, 6.45) is 2.38. The Hall–Kier alpha value is -0.340. The van der Waals surface area contributed by atoms with Crippen molar-refractivity contribution in [2.24, 2.45) is 5.41 Å². The molecule has 0 saturated heterocycles. The van der Waals surface area contributed by atoms with Crippen LogP contribution in [0.3, 0.4) is 0 Å². The van der Waals surface area contributed by atoms with Gasteiger partial charge in [-0.2, -0.15) is 0 Å². The van der Waals surface area contributed by atoms with E-state index in [1.165, 1.54) is 28.5 Å². The Morgan fingerprint density at radius 2 is 2.06 bits per heavy atom. The van der Waals surface area contributed by atoms with Crippen LogP contribution in [0.15, 0.2) is 29.6 Å². The molecule has 0 N–H and O–H groups in total. The zero-order valence-electron chi connectivity index (χ0n) is 9.79. The van der Waals surface area contributed by atoms with Crippen molar-refractivity contribution in [1.29, 1.82) is 0 Å². The molecule has 1 unspecified atom stereocenters. The largest absolute Gasteiger partial charge is 0.144 e. The van der Waals surface area contributed by atoms with Crippen molar-refractivity contribution in [2.45, 2.75) is 26.7 Å². The Labute approximate surface area is 110 Å². The first kappa shape index (κ1) is 12.1. The molecule has 0 nitrogen and oxygen atoms in total. The van der Waals surface area contributed by atoms with Gasteiger partial charge >= 0.3 is 0 Å². The number of halogens is 1. The monoisotopic (exact) mass is 296 g/mol. The average Bonchev–Trinajstić information content (AvgIpc) is 2.73. The van der Waals surface area contributed by atoms with E-state index in [2.05, 4.69) is 59.4 Å². The van der Waals surface area contributed by atoms with Crippen LogP contribution in [-0.4, -0.2) is 5.33 Å². The van der Waals surface area contributed by atoms with Crippen LogP contribution in [-0.2, 0) is 6.42 Å². The summed E-state index contributed by atoms with van der Waals surface area (Å²) in [5.74, 6) is 0. The fourth-order valence-corrected chi connectivity index (χ4v) is 3.45. The van der Waals surface area contributed by atoms with E-state index >= 15 is 0 Å². The molecule has 2 heteroatoms. The van der Waals surface area contributed by atoms with E-state index in [-0.39, 0.29) is 0 Å². The van der Waals surface area contributed by atoms with Crippen LogP contribution in [0.5, 0.6) is 0 Å². The number of benzene rings is 1. The molecule has 2 rings (SSSR count). The first-order valence-electron chi connectivity index (χ1n) is 5.69. The number of rotatable bonds is 4. The van der Waals surface area contributed by atoms with Crippen LogP contribution in [0.1, 0.15) is 25.8 Å². The minimum atomic E-state index is 0.379.